The predicted molar refractivity (Wildman–Crippen MR) is 128 cm³/mol. The third kappa shape index (κ3) is 6.69. The molecule has 0 atom stereocenters. The number of anilines is 2. The standard InChI is InChI=1S/C25H21F7N4O3/c1-35-6-8-36(9-7-35)21-5-2-14(16-11-15(3-4-19(16)26)39-25(30,31)32)10-20(21)34-23(38)17-13-33-22(37)12-18(17)24(27,28)29/h2-5,10-13H,6-9H2,1H3,(H,33,37)(H,34,38). The van der Waals surface area contributed by atoms with Crippen LogP contribution in [0.25, 0.3) is 11.1 Å². The van der Waals surface area contributed by atoms with Crippen LogP contribution < -0.4 is 20.5 Å². The Kier molecular flexibility index (Phi) is 7.59. The summed E-state index contributed by atoms with van der Waals surface area (Å²) in [6.45, 7) is 2.26. The molecule has 1 amide bonds. The molecule has 14 heteroatoms. The van der Waals surface area contributed by atoms with Gasteiger partial charge in [-0.1, -0.05) is 6.07 Å². The van der Waals surface area contributed by atoms with Crippen LogP contribution >= 0.6 is 0 Å². The van der Waals surface area contributed by atoms with Gasteiger partial charge in [0.15, 0.2) is 0 Å². The fraction of sp³-hybridized carbons (Fsp3) is 0.280. The topological polar surface area (TPSA) is 77.7 Å². The minimum absolute atomic E-state index is 0.0112. The van der Waals surface area contributed by atoms with Crippen LogP contribution in [0.4, 0.5) is 42.1 Å². The zero-order valence-corrected chi connectivity index (χ0v) is 20.2. The van der Waals surface area contributed by atoms with Crippen molar-refractivity contribution in [3.8, 4) is 16.9 Å². The normalized spacial score (nSPS) is 14.8. The molecule has 39 heavy (non-hydrogen) atoms. The highest BCUT2D eigenvalue weighted by Crippen LogP contribution is 2.37. The molecule has 1 aliphatic heterocycles. The van der Waals surface area contributed by atoms with Gasteiger partial charge in [-0.2, -0.15) is 13.2 Å². The van der Waals surface area contributed by atoms with Crippen LogP contribution in [0.5, 0.6) is 5.75 Å². The zero-order chi connectivity index (χ0) is 28.5. The third-order valence-electron chi connectivity index (χ3n) is 6.05. The van der Waals surface area contributed by atoms with E-state index in [9.17, 15) is 40.3 Å². The van der Waals surface area contributed by atoms with Crippen molar-refractivity contribution in [1.82, 2.24) is 9.88 Å². The van der Waals surface area contributed by atoms with Crippen molar-refractivity contribution in [3.05, 3.63) is 76.0 Å². The SMILES string of the molecule is CN1CCN(c2ccc(-c3cc(OC(F)(F)F)ccc3F)cc2NC(=O)c2c[nH]c(=O)cc2C(F)(F)F)CC1. The molecule has 2 aromatic carbocycles. The minimum atomic E-state index is -5.02. The average molecular weight is 558 g/mol. The van der Waals surface area contributed by atoms with Crippen molar-refractivity contribution in [1.29, 1.82) is 0 Å². The molecule has 1 aromatic heterocycles. The van der Waals surface area contributed by atoms with Gasteiger partial charge >= 0.3 is 12.5 Å². The summed E-state index contributed by atoms with van der Waals surface area (Å²) < 4.78 is 97.3. The molecule has 0 radical (unpaired) electrons. The maximum Gasteiger partial charge on any atom is 0.573 e. The number of hydrogen-bond acceptors (Lipinski definition) is 5. The van der Waals surface area contributed by atoms with Crippen LogP contribution in [0.2, 0.25) is 0 Å². The Morgan fingerprint density at radius 3 is 2.31 bits per heavy atom. The van der Waals surface area contributed by atoms with Crippen LogP contribution in [-0.4, -0.2) is 55.4 Å². The highest BCUT2D eigenvalue weighted by atomic mass is 19.4. The first-order valence-corrected chi connectivity index (χ1v) is 11.5. The summed E-state index contributed by atoms with van der Waals surface area (Å²) >= 11 is 0. The van der Waals surface area contributed by atoms with Gasteiger partial charge in [-0.05, 0) is 42.9 Å². The Labute approximate surface area is 216 Å². The lowest BCUT2D eigenvalue weighted by molar-refractivity contribution is -0.274. The summed E-state index contributed by atoms with van der Waals surface area (Å²) in [5, 5.41) is 2.40. The maximum absolute atomic E-state index is 14.7. The van der Waals surface area contributed by atoms with Crippen molar-refractivity contribution in [2.24, 2.45) is 0 Å². The molecule has 4 rings (SSSR count). The van der Waals surface area contributed by atoms with Crippen LogP contribution in [0.1, 0.15) is 15.9 Å². The second kappa shape index (κ2) is 10.6. The summed E-state index contributed by atoms with van der Waals surface area (Å²) in [5.74, 6) is -2.79. The van der Waals surface area contributed by atoms with E-state index in [1.807, 2.05) is 21.8 Å². The lowest BCUT2D eigenvalue weighted by atomic mass is 10.0. The Morgan fingerprint density at radius 1 is 0.974 bits per heavy atom. The van der Waals surface area contributed by atoms with Gasteiger partial charge in [-0.3, -0.25) is 9.59 Å². The van der Waals surface area contributed by atoms with Gasteiger partial charge in [0.05, 0.1) is 22.5 Å². The highest BCUT2D eigenvalue weighted by molar-refractivity contribution is 6.07. The number of piperazine rings is 1. The van der Waals surface area contributed by atoms with E-state index < -0.39 is 46.7 Å². The lowest BCUT2D eigenvalue weighted by Gasteiger charge is -2.35. The second-order valence-corrected chi connectivity index (χ2v) is 8.79. The highest BCUT2D eigenvalue weighted by Gasteiger charge is 2.36. The van der Waals surface area contributed by atoms with Crippen LogP contribution in [0, 0.1) is 5.82 Å². The molecule has 2 heterocycles. The van der Waals surface area contributed by atoms with Crippen LogP contribution in [-0.2, 0) is 6.18 Å². The average Bonchev–Trinajstić information content (AvgIpc) is 2.84. The fourth-order valence-corrected chi connectivity index (χ4v) is 4.13. The maximum atomic E-state index is 14.7. The van der Waals surface area contributed by atoms with Crippen molar-refractivity contribution in [2.45, 2.75) is 12.5 Å². The van der Waals surface area contributed by atoms with E-state index in [1.54, 1.807) is 0 Å². The van der Waals surface area contributed by atoms with E-state index in [4.69, 9.17) is 0 Å². The van der Waals surface area contributed by atoms with E-state index in [0.29, 0.717) is 38.1 Å². The number of rotatable bonds is 5. The van der Waals surface area contributed by atoms with Crippen LogP contribution in [0.15, 0.2) is 53.5 Å². The van der Waals surface area contributed by atoms with Crippen LogP contribution in [0.3, 0.4) is 0 Å². The second-order valence-electron chi connectivity index (χ2n) is 8.79. The fourth-order valence-electron chi connectivity index (χ4n) is 4.13. The first-order chi connectivity index (χ1) is 18.2. The summed E-state index contributed by atoms with van der Waals surface area (Å²) in [4.78, 5) is 30.5. The van der Waals surface area contributed by atoms with Crippen molar-refractivity contribution < 1.29 is 40.3 Å². The summed E-state index contributed by atoms with van der Waals surface area (Å²) in [5.41, 5.74) is -3.24. The van der Waals surface area contributed by atoms with E-state index >= 15 is 0 Å². The van der Waals surface area contributed by atoms with Gasteiger partial charge in [0, 0.05) is 44.0 Å². The Hall–Kier alpha value is -4.07. The lowest BCUT2D eigenvalue weighted by Crippen LogP contribution is -2.44. The molecule has 0 saturated carbocycles. The number of likely N-dealkylation sites (N-methyl/N-ethyl adjacent to an activating group) is 1. The van der Waals surface area contributed by atoms with Gasteiger partial charge in [0.25, 0.3) is 5.91 Å². The molecule has 1 aliphatic rings. The monoisotopic (exact) mass is 558 g/mol. The number of pyridine rings is 1. The number of nitrogens with zero attached hydrogens (tertiary/aromatic N) is 2. The largest absolute Gasteiger partial charge is 0.573 e. The van der Waals surface area contributed by atoms with Gasteiger partial charge in [0.1, 0.15) is 11.6 Å². The minimum Gasteiger partial charge on any atom is -0.406 e. The Morgan fingerprint density at radius 2 is 1.67 bits per heavy atom. The Balaban J connectivity index is 1.77. The van der Waals surface area contributed by atoms with Crippen molar-refractivity contribution in [3.63, 3.8) is 0 Å². The molecule has 0 aliphatic carbocycles. The van der Waals surface area contributed by atoms with E-state index in [-0.39, 0.29) is 22.9 Å². The molecule has 0 bridgehead atoms. The van der Waals surface area contributed by atoms with Gasteiger partial charge < -0.3 is 24.8 Å². The number of hydrogen-bond donors (Lipinski definition) is 2. The van der Waals surface area contributed by atoms with E-state index in [1.165, 1.54) is 18.2 Å². The molecule has 1 fully saturated rings. The smallest absolute Gasteiger partial charge is 0.406 e. The first kappa shape index (κ1) is 28.0. The number of ether oxygens (including phenoxy) is 1. The predicted octanol–water partition coefficient (Wildman–Crippen LogP) is 5.10. The molecule has 7 nitrogen and oxygen atoms in total. The summed E-state index contributed by atoms with van der Waals surface area (Å²) in [6.07, 6.45) is -9.39. The number of halogens is 7. The number of aromatic amines is 1. The zero-order valence-electron chi connectivity index (χ0n) is 20.2. The number of nitrogens with one attached hydrogen (secondary N) is 2. The molecular formula is C25H21F7N4O3. The van der Waals surface area contributed by atoms with Gasteiger partial charge in [0.2, 0.25) is 5.56 Å². The molecule has 2 N–H and O–H groups in total. The summed E-state index contributed by atoms with van der Waals surface area (Å²) in [7, 11) is 1.90. The molecule has 0 unspecified atom stereocenters. The molecular weight excluding hydrogens is 537 g/mol. The van der Waals surface area contributed by atoms with Gasteiger partial charge in [-0.15, -0.1) is 13.2 Å². The van der Waals surface area contributed by atoms with Crippen molar-refractivity contribution >= 4 is 17.3 Å². The number of alkyl halides is 6. The number of aromatic nitrogens is 1. The molecule has 208 valence electrons. The molecule has 0 spiro atoms. The quantitative estimate of drug-likeness (QED) is 0.426. The first-order valence-electron chi connectivity index (χ1n) is 11.5. The number of carbonyl (C=O) groups excluding carboxylic acids is 1. The summed E-state index contributed by atoms with van der Waals surface area (Å²) in [6, 6.07) is 6.81. The number of amides is 1. The number of benzene rings is 2. The molecule has 3 aromatic rings. The van der Waals surface area contributed by atoms with Gasteiger partial charge in [-0.25, -0.2) is 4.39 Å². The van der Waals surface area contributed by atoms with E-state index in [2.05, 4.69) is 10.1 Å². The number of H-pyrrole nitrogens is 1. The Bertz CT molecular complexity index is 1430. The van der Waals surface area contributed by atoms with Crippen molar-refractivity contribution in [2.75, 3.05) is 43.4 Å². The van der Waals surface area contributed by atoms with E-state index in [0.717, 1.165) is 18.2 Å². The third-order valence-corrected chi connectivity index (χ3v) is 6.05. The molecule has 1 saturated heterocycles. The number of carbonyl (C=O) groups is 1.